The summed E-state index contributed by atoms with van der Waals surface area (Å²) in [5, 5.41) is 18.5. The molecule has 0 fully saturated rings. The average Bonchev–Trinajstić information content (AvgIpc) is 2.27. The molecule has 0 amide bonds. The molecule has 0 saturated heterocycles. The van der Waals surface area contributed by atoms with Crippen molar-refractivity contribution >= 4 is 5.97 Å². The van der Waals surface area contributed by atoms with Crippen LogP contribution in [0.25, 0.3) is 0 Å². The third kappa shape index (κ3) is 3.80. The SMILES string of the molecule is CC(C)(C)OC(Cc1ccccc1)(NO)C(=O)O. The maximum absolute atomic E-state index is 11.4. The van der Waals surface area contributed by atoms with Crippen molar-refractivity contribution in [2.45, 2.75) is 38.5 Å². The molecule has 5 heteroatoms. The Balaban J connectivity index is 3.01. The van der Waals surface area contributed by atoms with Crippen molar-refractivity contribution < 1.29 is 19.8 Å². The monoisotopic (exact) mass is 253 g/mol. The van der Waals surface area contributed by atoms with Crippen LogP contribution in [0.2, 0.25) is 0 Å². The zero-order valence-electron chi connectivity index (χ0n) is 10.8. The summed E-state index contributed by atoms with van der Waals surface area (Å²) in [5.74, 6) is -1.26. The van der Waals surface area contributed by atoms with Crippen LogP contribution < -0.4 is 5.48 Å². The number of carboxylic acids is 1. The summed E-state index contributed by atoms with van der Waals surface area (Å²) in [6.07, 6.45) is 0.0247. The quantitative estimate of drug-likeness (QED) is 0.551. The van der Waals surface area contributed by atoms with Gasteiger partial charge in [-0.1, -0.05) is 30.3 Å². The average molecular weight is 253 g/mol. The number of aliphatic carboxylic acids is 1. The minimum Gasteiger partial charge on any atom is -0.478 e. The van der Waals surface area contributed by atoms with E-state index >= 15 is 0 Å². The Kier molecular flexibility index (Phi) is 4.45. The molecule has 0 heterocycles. The molecule has 0 aliphatic heterocycles. The summed E-state index contributed by atoms with van der Waals surface area (Å²) in [6, 6.07) is 9.00. The smallest absolute Gasteiger partial charge is 0.353 e. The molecule has 0 spiro atoms. The molecule has 1 rings (SSSR count). The summed E-state index contributed by atoms with van der Waals surface area (Å²) in [7, 11) is 0. The molecule has 5 nitrogen and oxygen atoms in total. The van der Waals surface area contributed by atoms with Gasteiger partial charge in [0.2, 0.25) is 5.72 Å². The lowest BCUT2D eigenvalue weighted by molar-refractivity contribution is -0.216. The first-order chi connectivity index (χ1) is 8.29. The normalized spacial score (nSPS) is 15.1. The molecular formula is C13H19NO4. The van der Waals surface area contributed by atoms with Gasteiger partial charge in [-0.05, 0) is 26.3 Å². The molecule has 1 aromatic carbocycles. The maximum atomic E-state index is 11.4. The minimum atomic E-state index is -1.85. The number of ether oxygens (including phenoxy) is 1. The summed E-state index contributed by atoms with van der Waals surface area (Å²) >= 11 is 0. The first-order valence-electron chi connectivity index (χ1n) is 5.68. The Hall–Kier alpha value is -1.43. The van der Waals surface area contributed by atoms with Crippen molar-refractivity contribution in [3.05, 3.63) is 35.9 Å². The second kappa shape index (κ2) is 5.48. The minimum absolute atomic E-state index is 0.0247. The first kappa shape index (κ1) is 14.6. The fourth-order valence-electron chi connectivity index (χ4n) is 1.67. The Morgan fingerprint density at radius 1 is 1.28 bits per heavy atom. The van der Waals surface area contributed by atoms with Crippen molar-refractivity contribution in [1.82, 2.24) is 5.48 Å². The van der Waals surface area contributed by atoms with Gasteiger partial charge in [-0.2, -0.15) is 5.48 Å². The van der Waals surface area contributed by atoms with E-state index in [-0.39, 0.29) is 6.42 Å². The van der Waals surface area contributed by atoms with Gasteiger partial charge in [0.05, 0.1) is 5.60 Å². The van der Waals surface area contributed by atoms with E-state index in [2.05, 4.69) is 0 Å². The summed E-state index contributed by atoms with van der Waals surface area (Å²) < 4.78 is 5.48. The Labute approximate surface area is 106 Å². The van der Waals surface area contributed by atoms with Crippen molar-refractivity contribution in [2.24, 2.45) is 0 Å². The van der Waals surface area contributed by atoms with Gasteiger partial charge in [0, 0.05) is 6.42 Å². The highest BCUT2D eigenvalue weighted by molar-refractivity contribution is 5.77. The van der Waals surface area contributed by atoms with Gasteiger partial charge in [0.15, 0.2) is 0 Å². The Bertz CT molecular complexity index is 399. The van der Waals surface area contributed by atoms with Crippen LogP contribution in [0.4, 0.5) is 0 Å². The zero-order valence-corrected chi connectivity index (χ0v) is 10.8. The van der Waals surface area contributed by atoms with Gasteiger partial charge in [-0.3, -0.25) is 0 Å². The Morgan fingerprint density at radius 2 is 1.83 bits per heavy atom. The molecule has 0 aliphatic carbocycles. The van der Waals surface area contributed by atoms with Crippen LogP contribution in [0.1, 0.15) is 26.3 Å². The third-order valence-electron chi connectivity index (χ3n) is 2.30. The fourth-order valence-corrected chi connectivity index (χ4v) is 1.67. The van der Waals surface area contributed by atoms with Crippen molar-refractivity contribution in [3.63, 3.8) is 0 Å². The predicted molar refractivity (Wildman–Crippen MR) is 66.3 cm³/mol. The number of hydrogen-bond donors (Lipinski definition) is 3. The van der Waals surface area contributed by atoms with Crippen LogP contribution in [0.3, 0.4) is 0 Å². The maximum Gasteiger partial charge on any atom is 0.353 e. The molecule has 1 aromatic rings. The van der Waals surface area contributed by atoms with E-state index in [1.54, 1.807) is 50.5 Å². The van der Waals surface area contributed by atoms with Crippen molar-refractivity contribution in [2.75, 3.05) is 0 Å². The van der Waals surface area contributed by atoms with Gasteiger partial charge >= 0.3 is 5.97 Å². The number of rotatable bonds is 5. The van der Waals surface area contributed by atoms with Crippen LogP contribution in [-0.4, -0.2) is 27.6 Å². The number of hydrogen-bond acceptors (Lipinski definition) is 4. The molecule has 0 saturated carbocycles. The fraction of sp³-hybridized carbons (Fsp3) is 0.462. The number of hydroxylamine groups is 1. The van der Waals surface area contributed by atoms with E-state index in [1.807, 2.05) is 6.07 Å². The predicted octanol–water partition coefficient (Wildman–Crippen LogP) is 1.80. The second-order valence-corrected chi connectivity index (χ2v) is 5.12. The highest BCUT2D eigenvalue weighted by Gasteiger charge is 2.43. The van der Waals surface area contributed by atoms with Crippen LogP contribution >= 0.6 is 0 Å². The molecule has 0 radical (unpaired) electrons. The highest BCUT2D eigenvalue weighted by Crippen LogP contribution is 2.22. The van der Waals surface area contributed by atoms with E-state index in [1.165, 1.54) is 0 Å². The van der Waals surface area contributed by atoms with Crippen LogP contribution in [0.15, 0.2) is 30.3 Å². The summed E-state index contributed by atoms with van der Waals surface area (Å²) in [5.41, 5.74) is 0.000489. The van der Waals surface area contributed by atoms with Crippen molar-refractivity contribution in [1.29, 1.82) is 0 Å². The van der Waals surface area contributed by atoms with E-state index in [0.29, 0.717) is 0 Å². The lowest BCUT2D eigenvalue weighted by atomic mass is 10.0. The number of carbonyl (C=O) groups is 1. The zero-order chi connectivity index (χ0) is 13.8. The van der Waals surface area contributed by atoms with Gasteiger partial charge in [-0.15, -0.1) is 0 Å². The lowest BCUT2D eigenvalue weighted by Crippen LogP contribution is -2.57. The van der Waals surface area contributed by atoms with Gasteiger partial charge in [0.1, 0.15) is 0 Å². The molecule has 1 atom stereocenters. The number of carboxylic acid groups (broad SMARTS) is 1. The molecule has 3 N–H and O–H groups in total. The summed E-state index contributed by atoms with van der Waals surface area (Å²) in [4.78, 5) is 11.4. The molecule has 100 valence electrons. The largest absolute Gasteiger partial charge is 0.478 e. The van der Waals surface area contributed by atoms with Crippen LogP contribution in [0, 0.1) is 0 Å². The van der Waals surface area contributed by atoms with Crippen molar-refractivity contribution in [3.8, 4) is 0 Å². The molecule has 0 bridgehead atoms. The topological polar surface area (TPSA) is 78.8 Å². The lowest BCUT2D eigenvalue weighted by Gasteiger charge is -2.34. The van der Waals surface area contributed by atoms with Gasteiger partial charge < -0.3 is 15.1 Å². The first-order valence-corrected chi connectivity index (χ1v) is 5.68. The molecule has 18 heavy (non-hydrogen) atoms. The van der Waals surface area contributed by atoms with Crippen LogP contribution in [0.5, 0.6) is 0 Å². The Morgan fingerprint density at radius 3 is 2.22 bits per heavy atom. The van der Waals surface area contributed by atoms with Gasteiger partial charge in [-0.25, -0.2) is 4.79 Å². The molecule has 0 aliphatic rings. The standard InChI is InChI=1S/C13H19NO4/c1-12(2,3)18-13(14-17,11(15)16)9-10-7-5-4-6-8-10/h4-8,14,17H,9H2,1-3H3,(H,15,16). The van der Waals surface area contributed by atoms with Crippen LogP contribution in [-0.2, 0) is 16.0 Å². The molecule has 0 aromatic heterocycles. The van der Waals surface area contributed by atoms with E-state index in [9.17, 15) is 15.1 Å². The highest BCUT2D eigenvalue weighted by atomic mass is 16.6. The van der Waals surface area contributed by atoms with E-state index < -0.39 is 17.3 Å². The third-order valence-corrected chi connectivity index (χ3v) is 2.30. The second-order valence-electron chi connectivity index (χ2n) is 5.12. The van der Waals surface area contributed by atoms with E-state index in [4.69, 9.17) is 4.74 Å². The number of nitrogens with one attached hydrogen (secondary N) is 1. The number of benzene rings is 1. The molecular weight excluding hydrogens is 234 g/mol. The molecule has 1 unspecified atom stereocenters. The van der Waals surface area contributed by atoms with E-state index in [0.717, 1.165) is 5.56 Å². The van der Waals surface area contributed by atoms with Gasteiger partial charge in [0.25, 0.3) is 0 Å². The summed E-state index contributed by atoms with van der Waals surface area (Å²) in [6.45, 7) is 5.19.